The van der Waals surface area contributed by atoms with Crippen molar-refractivity contribution < 1.29 is 14.0 Å². The van der Waals surface area contributed by atoms with Crippen LogP contribution in [-0.4, -0.2) is 32.3 Å². The molecule has 0 saturated carbocycles. The summed E-state index contributed by atoms with van der Waals surface area (Å²) in [6.45, 7) is 0. The predicted octanol–water partition coefficient (Wildman–Crippen LogP) is 5.04. The number of hydrogen-bond donors (Lipinski definition) is 2. The van der Waals surface area contributed by atoms with Crippen molar-refractivity contribution >= 4 is 46.6 Å². The fourth-order valence-electron chi connectivity index (χ4n) is 2.96. The van der Waals surface area contributed by atoms with E-state index in [1.807, 2.05) is 12.1 Å². The van der Waals surface area contributed by atoms with Crippen molar-refractivity contribution in [3.05, 3.63) is 95.5 Å². The van der Waals surface area contributed by atoms with E-state index in [1.54, 1.807) is 53.4 Å². The summed E-state index contributed by atoms with van der Waals surface area (Å²) < 4.78 is 15.1. The van der Waals surface area contributed by atoms with E-state index in [4.69, 9.17) is 11.6 Å². The van der Waals surface area contributed by atoms with Crippen LogP contribution < -0.4 is 10.6 Å². The van der Waals surface area contributed by atoms with E-state index in [0.29, 0.717) is 27.1 Å². The fourth-order valence-corrected chi connectivity index (χ4v) is 3.87. The molecule has 4 aromatic rings. The van der Waals surface area contributed by atoms with E-state index in [2.05, 4.69) is 20.8 Å². The molecule has 0 unspecified atom stereocenters. The Bertz CT molecular complexity index is 1310. The lowest BCUT2D eigenvalue weighted by Gasteiger charge is -2.09. The lowest BCUT2D eigenvalue weighted by molar-refractivity contribution is -0.113. The van der Waals surface area contributed by atoms with Gasteiger partial charge in [-0.15, -0.1) is 10.2 Å². The van der Waals surface area contributed by atoms with Crippen LogP contribution in [0, 0.1) is 5.82 Å². The molecule has 2 amide bonds. The first-order valence-electron chi connectivity index (χ1n) is 9.73. The number of hydrogen-bond acceptors (Lipinski definition) is 5. The van der Waals surface area contributed by atoms with E-state index >= 15 is 0 Å². The van der Waals surface area contributed by atoms with Gasteiger partial charge in [-0.3, -0.25) is 14.2 Å². The first-order valence-corrected chi connectivity index (χ1v) is 11.1. The number of thioether (sulfide) groups is 1. The van der Waals surface area contributed by atoms with Crippen molar-refractivity contribution in [2.75, 3.05) is 16.4 Å². The van der Waals surface area contributed by atoms with Gasteiger partial charge in [0.15, 0.2) is 5.16 Å². The van der Waals surface area contributed by atoms with Crippen molar-refractivity contribution in [3.63, 3.8) is 0 Å². The van der Waals surface area contributed by atoms with Crippen LogP contribution in [0.1, 0.15) is 10.4 Å². The van der Waals surface area contributed by atoms with Gasteiger partial charge < -0.3 is 10.6 Å². The normalized spacial score (nSPS) is 10.6. The zero-order valence-electron chi connectivity index (χ0n) is 17.0. The third-order valence-corrected chi connectivity index (χ3v) is 5.60. The van der Waals surface area contributed by atoms with Crippen LogP contribution in [0.5, 0.6) is 0 Å². The van der Waals surface area contributed by atoms with E-state index in [1.165, 1.54) is 30.0 Å². The molecular weight excluding hydrogens is 465 g/mol. The number of carbonyl (C=O) groups is 2. The Labute approximate surface area is 198 Å². The highest BCUT2D eigenvalue weighted by molar-refractivity contribution is 7.99. The number of rotatable bonds is 7. The van der Waals surface area contributed by atoms with Crippen LogP contribution in [0.2, 0.25) is 5.02 Å². The molecule has 0 fully saturated rings. The molecular formula is C23H17ClFN5O2S. The number of carbonyl (C=O) groups excluding carboxylic acids is 2. The molecule has 166 valence electrons. The number of halogens is 2. The summed E-state index contributed by atoms with van der Waals surface area (Å²) in [6.07, 6.45) is 1.55. The molecule has 2 N–H and O–H groups in total. The van der Waals surface area contributed by atoms with Crippen molar-refractivity contribution in [3.8, 4) is 5.69 Å². The number of anilines is 2. The van der Waals surface area contributed by atoms with Gasteiger partial charge >= 0.3 is 0 Å². The molecule has 0 spiro atoms. The first kappa shape index (κ1) is 22.5. The summed E-state index contributed by atoms with van der Waals surface area (Å²) in [6, 6.07) is 19.3. The van der Waals surface area contributed by atoms with E-state index in [0.717, 1.165) is 5.69 Å². The Morgan fingerprint density at radius 1 is 0.970 bits per heavy atom. The van der Waals surface area contributed by atoms with E-state index in [9.17, 15) is 14.0 Å². The number of nitrogens with one attached hydrogen (secondary N) is 2. The zero-order chi connectivity index (χ0) is 23.2. The van der Waals surface area contributed by atoms with Gasteiger partial charge in [0, 0.05) is 22.0 Å². The predicted molar refractivity (Wildman–Crippen MR) is 127 cm³/mol. The van der Waals surface area contributed by atoms with Crippen molar-refractivity contribution in [2.24, 2.45) is 0 Å². The van der Waals surface area contributed by atoms with Crippen molar-refractivity contribution in [1.82, 2.24) is 14.8 Å². The van der Waals surface area contributed by atoms with Crippen LogP contribution >= 0.6 is 23.4 Å². The van der Waals surface area contributed by atoms with Crippen molar-refractivity contribution in [2.45, 2.75) is 5.16 Å². The molecule has 4 rings (SSSR count). The van der Waals surface area contributed by atoms with Crippen LogP contribution in [-0.2, 0) is 4.79 Å². The Morgan fingerprint density at radius 2 is 1.73 bits per heavy atom. The minimum Gasteiger partial charge on any atom is -0.325 e. The Hall–Kier alpha value is -3.69. The molecule has 0 saturated heterocycles. The number of benzene rings is 3. The molecule has 0 aliphatic heterocycles. The number of nitrogens with zero attached hydrogens (tertiary/aromatic N) is 3. The maximum absolute atomic E-state index is 13.3. The summed E-state index contributed by atoms with van der Waals surface area (Å²) >= 11 is 7.26. The Balaban J connectivity index is 1.37. The summed E-state index contributed by atoms with van der Waals surface area (Å²) in [7, 11) is 0. The second-order valence-corrected chi connectivity index (χ2v) is 8.22. The fraction of sp³-hybridized carbons (Fsp3) is 0.0435. The van der Waals surface area contributed by atoms with Gasteiger partial charge in [0.25, 0.3) is 5.91 Å². The van der Waals surface area contributed by atoms with Gasteiger partial charge in [-0.05, 0) is 54.6 Å². The smallest absolute Gasteiger partial charge is 0.255 e. The maximum Gasteiger partial charge on any atom is 0.255 e. The third-order valence-electron chi connectivity index (χ3n) is 4.43. The molecule has 3 aromatic carbocycles. The lowest BCUT2D eigenvalue weighted by Crippen LogP contribution is -2.16. The second-order valence-electron chi connectivity index (χ2n) is 6.85. The van der Waals surface area contributed by atoms with Crippen molar-refractivity contribution in [1.29, 1.82) is 0 Å². The molecule has 1 aromatic heterocycles. The molecule has 0 aliphatic rings. The average Bonchev–Trinajstić information content (AvgIpc) is 3.27. The summed E-state index contributed by atoms with van der Waals surface area (Å²) in [5, 5.41) is 14.5. The molecule has 0 aliphatic carbocycles. The van der Waals surface area contributed by atoms with Crippen LogP contribution in [0.4, 0.5) is 15.8 Å². The zero-order valence-corrected chi connectivity index (χ0v) is 18.6. The minimum atomic E-state index is -0.447. The molecule has 0 atom stereocenters. The number of amides is 2. The largest absolute Gasteiger partial charge is 0.325 e. The first-order chi connectivity index (χ1) is 16.0. The maximum atomic E-state index is 13.3. The minimum absolute atomic E-state index is 0.0823. The average molecular weight is 482 g/mol. The summed E-state index contributed by atoms with van der Waals surface area (Å²) in [4.78, 5) is 24.9. The van der Waals surface area contributed by atoms with Gasteiger partial charge in [-0.25, -0.2) is 4.39 Å². The monoisotopic (exact) mass is 481 g/mol. The Morgan fingerprint density at radius 3 is 2.52 bits per heavy atom. The third kappa shape index (κ3) is 5.97. The topological polar surface area (TPSA) is 88.9 Å². The molecule has 7 nitrogen and oxygen atoms in total. The molecule has 0 bridgehead atoms. The molecule has 10 heteroatoms. The SMILES string of the molecule is O=C(CSc1nncn1-c1cccc(Cl)c1)Nc1cccc(C(=O)Nc2cccc(F)c2)c1. The van der Waals surface area contributed by atoms with Gasteiger partial charge in [0.2, 0.25) is 5.91 Å². The second kappa shape index (κ2) is 10.3. The summed E-state index contributed by atoms with van der Waals surface area (Å²) in [5.74, 6) is -1.06. The van der Waals surface area contributed by atoms with Gasteiger partial charge in [0.05, 0.1) is 11.4 Å². The van der Waals surface area contributed by atoms with Crippen LogP contribution in [0.3, 0.4) is 0 Å². The molecule has 0 radical (unpaired) electrons. The Kier molecular flexibility index (Phi) is 7.01. The van der Waals surface area contributed by atoms with Gasteiger partial charge in [-0.1, -0.05) is 41.6 Å². The lowest BCUT2D eigenvalue weighted by atomic mass is 10.2. The molecule has 33 heavy (non-hydrogen) atoms. The highest BCUT2D eigenvalue weighted by Crippen LogP contribution is 2.22. The highest BCUT2D eigenvalue weighted by atomic mass is 35.5. The van der Waals surface area contributed by atoms with Gasteiger partial charge in [0.1, 0.15) is 12.1 Å². The highest BCUT2D eigenvalue weighted by Gasteiger charge is 2.12. The van der Waals surface area contributed by atoms with Gasteiger partial charge in [-0.2, -0.15) is 0 Å². The quantitative estimate of drug-likeness (QED) is 0.361. The van der Waals surface area contributed by atoms with Crippen LogP contribution in [0.25, 0.3) is 5.69 Å². The molecule has 1 heterocycles. The number of aromatic nitrogens is 3. The summed E-state index contributed by atoms with van der Waals surface area (Å²) in [5.41, 5.74) is 1.91. The van der Waals surface area contributed by atoms with Crippen LogP contribution in [0.15, 0.2) is 84.3 Å². The standard InChI is InChI=1S/C23H17ClFN5O2S/c24-16-5-2-9-20(11-16)30-14-26-29-23(30)33-13-21(31)27-18-7-1-4-15(10-18)22(32)28-19-8-3-6-17(25)12-19/h1-12,14H,13H2,(H,27,31)(H,28,32). The van der Waals surface area contributed by atoms with E-state index < -0.39 is 11.7 Å². The van der Waals surface area contributed by atoms with E-state index in [-0.39, 0.29) is 11.7 Å².